The molecule has 2 amide bonds. The Morgan fingerprint density at radius 1 is 1.08 bits per heavy atom. The van der Waals surface area contributed by atoms with E-state index in [0.29, 0.717) is 11.3 Å². The van der Waals surface area contributed by atoms with Gasteiger partial charge in [0.05, 0.1) is 11.8 Å². The number of carbonyl (C=O) groups is 3. The van der Waals surface area contributed by atoms with Crippen LogP contribution < -0.4 is 10.6 Å². The van der Waals surface area contributed by atoms with E-state index in [1.165, 1.54) is 0 Å². The number of hydrogen-bond donors (Lipinski definition) is 3. The van der Waals surface area contributed by atoms with Gasteiger partial charge in [-0.25, -0.2) is 0 Å². The molecule has 4 atom stereocenters. The highest BCUT2D eigenvalue weighted by atomic mass is 16.4. The van der Waals surface area contributed by atoms with Gasteiger partial charge in [-0.05, 0) is 55.7 Å². The number of aliphatic carboxylic acids is 1. The molecule has 136 valence electrons. The SMILES string of the molecule is Cc1ccc(C(=O)NC2CC2)cc1NC(=O)[C@@H]1[C@H](C(=O)O)[C@H]2C=C[C@H]1C2. The van der Waals surface area contributed by atoms with Gasteiger partial charge in [0.25, 0.3) is 5.91 Å². The van der Waals surface area contributed by atoms with Gasteiger partial charge in [-0.3, -0.25) is 14.4 Å². The summed E-state index contributed by atoms with van der Waals surface area (Å²) in [4.78, 5) is 36.7. The fourth-order valence-corrected chi connectivity index (χ4v) is 4.13. The third-order valence-corrected chi connectivity index (χ3v) is 5.72. The normalized spacial score (nSPS) is 28.8. The predicted octanol–water partition coefficient (Wildman–Crippen LogP) is 2.35. The van der Waals surface area contributed by atoms with Gasteiger partial charge in [0, 0.05) is 17.3 Å². The number of amides is 2. The summed E-state index contributed by atoms with van der Waals surface area (Å²) in [5, 5.41) is 15.3. The van der Waals surface area contributed by atoms with Crippen molar-refractivity contribution in [1.29, 1.82) is 0 Å². The lowest BCUT2D eigenvalue weighted by Gasteiger charge is -2.24. The summed E-state index contributed by atoms with van der Waals surface area (Å²) in [7, 11) is 0. The van der Waals surface area contributed by atoms with Crippen molar-refractivity contribution < 1.29 is 19.5 Å². The fraction of sp³-hybridized carbons (Fsp3) is 0.450. The van der Waals surface area contributed by atoms with Crippen molar-refractivity contribution in [1.82, 2.24) is 5.32 Å². The zero-order chi connectivity index (χ0) is 18.4. The summed E-state index contributed by atoms with van der Waals surface area (Å²) in [5.74, 6) is -2.67. The molecule has 26 heavy (non-hydrogen) atoms. The third kappa shape index (κ3) is 3.00. The average Bonchev–Trinajstić information content (AvgIpc) is 3.17. The number of carboxylic acid groups (broad SMARTS) is 1. The van der Waals surface area contributed by atoms with Crippen LogP contribution in [0.15, 0.2) is 30.4 Å². The number of allylic oxidation sites excluding steroid dienone is 2. The molecule has 2 bridgehead atoms. The monoisotopic (exact) mass is 354 g/mol. The van der Waals surface area contributed by atoms with Crippen LogP contribution in [0, 0.1) is 30.6 Å². The largest absolute Gasteiger partial charge is 0.481 e. The van der Waals surface area contributed by atoms with Crippen LogP contribution in [0.5, 0.6) is 0 Å². The summed E-state index contributed by atoms with van der Waals surface area (Å²) < 4.78 is 0. The number of rotatable bonds is 5. The first-order valence-corrected chi connectivity index (χ1v) is 9.07. The van der Waals surface area contributed by atoms with E-state index in [2.05, 4.69) is 10.6 Å². The Balaban J connectivity index is 1.53. The van der Waals surface area contributed by atoms with Gasteiger partial charge in [-0.2, -0.15) is 0 Å². The van der Waals surface area contributed by atoms with Crippen LogP contribution in [0.25, 0.3) is 0 Å². The molecule has 2 fully saturated rings. The molecule has 1 aromatic rings. The number of benzene rings is 1. The van der Waals surface area contributed by atoms with Crippen LogP contribution in [-0.4, -0.2) is 28.9 Å². The molecule has 0 aliphatic heterocycles. The summed E-state index contributed by atoms with van der Waals surface area (Å²) in [5.41, 5.74) is 1.90. The Labute approximate surface area is 151 Å². The van der Waals surface area contributed by atoms with Crippen LogP contribution in [0.3, 0.4) is 0 Å². The van der Waals surface area contributed by atoms with E-state index in [1.54, 1.807) is 18.2 Å². The molecule has 0 spiro atoms. The van der Waals surface area contributed by atoms with E-state index in [-0.39, 0.29) is 29.7 Å². The highest BCUT2D eigenvalue weighted by Gasteiger charge is 2.51. The number of aryl methyl sites for hydroxylation is 1. The van der Waals surface area contributed by atoms with Crippen LogP contribution in [0.4, 0.5) is 5.69 Å². The summed E-state index contributed by atoms with van der Waals surface area (Å²) in [6, 6.07) is 5.47. The minimum Gasteiger partial charge on any atom is -0.481 e. The van der Waals surface area contributed by atoms with Gasteiger partial charge in [-0.15, -0.1) is 0 Å². The second kappa shape index (κ2) is 6.27. The number of hydrogen-bond acceptors (Lipinski definition) is 3. The quantitative estimate of drug-likeness (QED) is 0.707. The van der Waals surface area contributed by atoms with Crippen LogP contribution in [0.2, 0.25) is 0 Å². The first-order chi connectivity index (χ1) is 12.4. The second-order valence-electron chi connectivity index (χ2n) is 7.60. The smallest absolute Gasteiger partial charge is 0.307 e. The molecular weight excluding hydrogens is 332 g/mol. The van der Waals surface area contributed by atoms with E-state index in [9.17, 15) is 19.5 Å². The average molecular weight is 354 g/mol. The van der Waals surface area contributed by atoms with Gasteiger partial charge in [0.1, 0.15) is 0 Å². The second-order valence-corrected chi connectivity index (χ2v) is 7.60. The fourth-order valence-electron chi connectivity index (χ4n) is 4.13. The first-order valence-electron chi connectivity index (χ1n) is 9.07. The van der Waals surface area contributed by atoms with Gasteiger partial charge < -0.3 is 15.7 Å². The Bertz CT molecular complexity index is 812. The molecule has 0 radical (unpaired) electrons. The summed E-state index contributed by atoms with van der Waals surface area (Å²) >= 11 is 0. The van der Waals surface area contributed by atoms with Gasteiger partial charge in [0.15, 0.2) is 0 Å². The van der Waals surface area contributed by atoms with Crippen molar-refractivity contribution in [2.24, 2.45) is 23.7 Å². The standard InChI is InChI=1S/C20H22N2O4/c1-10-2-3-13(18(23)21-14-6-7-14)9-15(10)22-19(24)16-11-4-5-12(8-11)17(16)20(25)26/h2-5,9,11-12,14,16-17H,6-8H2,1H3,(H,21,23)(H,22,24)(H,25,26)/t11-,12-,16-,17+/m0/s1. The van der Waals surface area contributed by atoms with Crippen LogP contribution in [-0.2, 0) is 9.59 Å². The first kappa shape index (κ1) is 16.8. The molecule has 0 unspecified atom stereocenters. The Kier molecular flexibility index (Phi) is 4.05. The molecule has 3 N–H and O–H groups in total. The lowest BCUT2D eigenvalue weighted by molar-refractivity contribution is -0.146. The lowest BCUT2D eigenvalue weighted by atomic mass is 9.82. The Hall–Kier alpha value is -2.63. The number of fused-ring (bicyclic) bond motifs is 2. The zero-order valence-corrected chi connectivity index (χ0v) is 14.6. The molecule has 1 aromatic carbocycles. The zero-order valence-electron chi connectivity index (χ0n) is 14.6. The molecule has 0 heterocycles. The molecule has 0 saturated heterocycles. The van der Waals surface area contributed by atoms with Gasteiger partial charge in [-0.1, -0.05) is 18.2 Å². The molecule has 6 heteroatoms. The molecule has 3 aliphatic carbocycles. The van der Waals surface area contributed by atoms with Crippen molar-refractivity contribution in [3.05, 3.63) is 41.5 Å². The Morgan fingerprint density at radius 3 is 2.42 bits per heavy atom. The van der Waals surface area contributed by atoms with Crippen LogP contribution >= 0.6 is 0 Å². The van der Waals surface area contributed by atoms with Crippen molar-refractivity contribution in [2.75, 3.05) is 5.32 Å². The van der Waals surface area contributed by atoms with E-state index < -0.39 is 17.8 Å². The lowest BCUT2D eigenvalue weighted by Crippen LogP contribution is -2.36. The maximum absolute atomic E-state index is 12.8. The maximum atomic E-state index is 12.8. The van der Waals surface area contributed by atoms with Crippen molar-refractivity contribution in [2.45, 2.75) is 32.2 Å². The molecule has 4 rings (SSSR count). The van der Waals surface area contributed by atoms with Crippen LogP contribution in [0.1, 0.15) is 35.2 Å². The van der Waals surface area contributed by atoms with Crippen molar-refractivity contribution in [3.63, 3.8) is 0 Å². The number of nitrogens with one attached hydrogen (secondary N) is 2. The number of carbonyl (C=O) groups excluding carboxylic acids is 2. The van der Waals surface area contributed by atoms with Gasteiger partial charge >= 0.3 is 5.97 Å². The van der Waals surface area contributed by atoms with E-state index in [4.69, 9.17) is 0 Å². The predicted molar refractivity (Wildman–Crippen MR) is 95.6 cm³/mol. The van der Waals surface area contributed by atoms with Gasteiger partial charge in [0.2, 0.25) is 5.91 Å². The van der Waals surface area contributed by atoms with Crippen molar-refractivity contribution in [3.8, 4) is 0 Å². The third-order valence-electron chi connectivity index (χ3n) is 5.72. The maximum Gasteiger partial charge on any atom is 0.307 e. The molecule has 3 aliphatic rings. The van der Waals surface area contributed by atoms with Crippen molar-refractivity contribution >= 4 is 23.5 Å². The number of anilines is 1. The highest BCUT2D eigenvalue weighted by molar-refractivity contribution is 6.00. The molecular formula is C20H22N2O4. The summed E-state index contributed by atoms with van der Waals surface area (Å²) in [6.07, 6.45) is 6.62. The Morgan fingerprint density at radius 2 is 1.77 bits per heavy atom. The minimum atomic E-state index is -0.920. The number of carboxylic acids is 1. The van der Waals surface area contributed by atoms with E-state index >= 15 is 0 Å². The topological polar surface area (TPSA) is 95.5 Å². The molecule has 0 aromatic heterocycles. The summed E-state index contributed by atoms with van der Waals surface area (Å²) in [6.45, 7) is 1.85. The molecule has 6 nitrogen and oxygen atoms in total. The van der Waals surface area contributed by atoms with E-state index in [1.807, 2.05) is 19.1 Å². The molecule has 2 saturated carbocycles. The highest BCUT2D eigenvalue weighted by Crippen LogP contribution is 2.48. The minimum absolute atomic E-state index is 0.0252. The van der Waals surface area contributed by atoms with E-state index in [0.717, 1.165) is 24.8 Å².